The number of hydrogen-bond acceptors (Lipinski definition) is 3. The number of carbonyl (C=O) groups is 1. The van der Waals surface area contributed by atoms with Crippen molar-refractivity contribution in [2.75, 3.05) is 20.6 Å². The van der Waals surface area contributed by atoms with Crippen molar-refractivity contribution >= 4 is 11.5 Å². The van der Waals surface area contributed by atoms with Gasteiger partial charge in [0, 0.05) is 18.2 Å². The molecule has 0 saturated carbocycles. The van der Waals surface area contributed by atoms with Crippen LogP contribution in [0, 0.1) is 5.92 Å². The summed E-state index contributed by atoms with van der Waals surface area (Å²) < 4.78 is 6.07. The maximum atomic E-state index is 10.8. The van der Waals surface area contributed by atoms with Gasteiger partial charge in [0.1, 0.15) is 12.4 Å². The summed E-state index contributed by atoms with van der Waals surface area (Å²) in [6.07, 6.45) is 11.0. The third-order valence-corrected chi connectivity index (χ3v) is 4.66. The molecule has 0 radical (unpaired) electrons. The molecule has 3 rings (SSSR count). The van der Waals surface area contributed by atoms with Crippen molar-refractivity contribution in [3.63, 3.8) is 0 Å². The van der Waals surface area contributed by atoms with Gasteiger partial charge in [-0.25, -0.2) is 4.79 Å². The van der Waals surface area contributed by atoms with Crippen LogP contribution in [0.2, 0.25) is 0 Å². The number of ether oxygens (including phenoxy) is 1. The van der Waals surface area contributed by atoms with E-state index in [0.29, 0.717) is 6.61 Å². The van der Waals surface area contributed by atoms with E-state index >= 15 is 0 Å². The lowest BCUT2D eigenvalue weighted by Gasteiger charge is -2.21. The Morgan fingerprint density at radius 2 is 2.15 bits per heavy atom. The number of allylic oxidation sites excluding steroid dienone is 5. The third kappa shape index (κ3) is 4.33. The monoisotopic (exact) mass is 351 g/mol. The zero-order valence-electron chi connectivity index (χ0n) is 15.3. The standard InChI is InChI=1S/C22H25NO3/c1-23(2)13-5-8-19-18-7-4-3-6-17(18)15-26-21-11-9-16(14-20(19)21)10-12-22(24)25/h3-4,6-12,16H,5,13-15H2,1-2H3,(H,24,25)/b12-10-,19-8?. The van der Waals surface area contributed by atoms with Crippen molar-refractivity contribution in [2.45, 2.75) is 19.4 Å². The van der Waals surface area contributed by atoms with E-state index in [4.69, 9.17) is 9.84 Å². The van der Waals surface area contributed by atoms with E-state index in [1.165, 1.54) is 22.8 Å². The Kier molecular flexibility index (Phi) is 5.74. The zero-order chi connectivity index (χ0) is 18.5. The highest BCUT2D eigenvalue weighted by molar-refractivity contribution is 5.83. The first-order chi connectivity index (χ1) is 12.5. The first-order valence-electron chi connectivity index (χ1n) is 8.93. The van der Waals surface area contributed by atoms with E-state index in [1.54, 1.807) is 6.08 Å². The quantitative estimate of drug-likeness (QED) is 0.814. The number of hydrogen-bond donors (Lipinski definition) is 1. The van der Waals surface area contributed by atoms with Crippen molar-refractivity contribution < 1.29 is 14.6 Å². The molecule has 4 heteroatoms. The van der Waals surface area contributed by atoms with Crippen LogP contribution in [0.1, 0.15) is 24.0 Å². The van der Waals surface area contributed by atoms with Crippen LogP contribution in [-0.2, 0) is 16.1 Å². The molecule has 1 heterocycles. The Bertz CT molecular complexity index is 799. The average Bonchev–Trinajstić information content (AvgIpc) is 2.77. The molecular formula is C22H25NO3. The zero-order valence-corrected chi connectivity index (χ0v) is 15.3. The van der Waals surface area contributed by atoms with Crippen molar-refractivity contribution in [1.82, 2.24) is 4.90 Å². The molecule has 0 aromatic heterocycles. The van der Waals surface area contributed by atoms with E-state index in [1.807, 2.05) is 18.2 Å². The van der Waals surface area contributed by atoms with Gasteiger partial charge < -0.3 is 14.7 Å². The van der Waals surface area contributed by atoms with Gasteiger partial charge in [0.15, 0.2) is 0 Å². The topological polar surface area (TPSA) is 49.8 Å². The number of carboxylic acid groups (broad SMARTS) is 1. The van der Waals surface area contributed by atoms with Gasteiger partial charge >= 0.3 is 5.97 Å². The second-order valence-electron chi connectivity index (χ2n) is 6.92. The van der Waals surface area contributed by atoms with Gasteiger partial charge in [-0.3, -0.25) is 0 Å². The van der Waals surface area contributed by atoms with Gasteiger partial charge in [0.05, 0.1) is 0 Å². The molecule has 0 bridgehead atoms. The molecule has 1 aromatic rings. The highest BCUT2D eigenvalue weighted by atomic mass is 16.5. The predicted molar refractivity (Wildman–Crippen MR) is 103 cm³/mol. The van der Waals surface area contributed by atoms with E-state index in [2.05, 4.69) is 43.3 Å². The normalized spacial score (nSPS) is 20.9. The SMILES string of the molecule is CN(C)CCC=C1C2=C(C=CC(/C=C\C(=O)O)C2)OCc2ccccc21. The number of rotatable bonds is 5. The van der Waals surface area contributed by atoms with Crippen molar-refractivity contribution in [3.05, 3.63) is 77.1 Å². The lowest BCUT2D eigenvalue weighted by atomic mass is 9.84. The molecule has 136 valence electrons. The number of carboxylic acids is 1. The molecule has 4 nitrogen and oxygen atoms in total. The average molecular weight is 351 g/mol. The van der Waals surface area contributed by atoms with Gasteiger partial charge in [-0.2, -0.15) is 0 Å². The van der Waals surface area contributed by atoms with E-state index < -0.39 is 5.97 Å². The fourth-order valence-electron chi connectivity index (χ4n) is 3.36. The van der Waals surface area contributed by atoms with Crippen LogP contribution in [0.4, 0.5) is 0 Å². The predicted octanol–water partition coefficient (Wildman–Crippen LogP) is 4.02. The smallest absolute Gasteiger partial charge is 0.327 e. The molecule has 1 unspecified atom stereocenters. The highest BCUT2D eigenvalue weighted by Crippen LogP contribution is 2.39. The number of benzene rings is 1. The Morgan fingerprint density at radius 1 is 1.35 bits per heavy atom. The number of fused-ring (bicyclic) bond motifs is 1. The van der Waals surface area contributed by atoms with E-state index in [0.717, 1.165) is 30.7 Å². The molecule has 1 atom stereocenters. The Balaban J connectivity index is 1.96. The molecule has 1 aromatic carbocycles. The Hall–Kier alpha value is -2.59. The minimum absolute atomic E-state index is 0.0657. The first kappa shape index (κ1) is 18.2. The third-order valence-electron chi connectivity index (χ3n) is 4.66. The Labute approximate surface area is 154 Å². The molecule has 26 heavy (non-hydrogen) atoms. The highest BCUT2D eigenvalue weighted by Gasteiger charge is 2.24. The van der Waals surface area contributed by atoms with Crippen molar-refractivity contribution in [3.8, 4) is 0 Å². The maximum Gasteiger partial charge on any atom is 0.327 e. The van der Waals surface area contributed by atoms with Crippen LogP contribution in [0.3, 0.4) is 0 Å². The summed E-state index contributed by atoms with van der Waals surface area (Å²) in [7, 11) is 4.15. The maximum absolute atomic E-state index is 10.8. The van der Waals surface area contributed by atoms with Gasteiger partial charge in [-0.1, -0.05) is 42.5 Å². The fraction of sp³-hybridized carbons (Fsp3) is 0.318. The van der Waals surface area contributed by atoms with Crippen LogP contribution in [-0.4, -0.2) is 36.6 Å². The largest absolute Gasteiger partial charge is 0.489 e. The lowest BCUT2D eigenvalue weighted by Crippen LogP contribution is -2.12. The van der Waals surface area contributed by atoms with Crippen LogP contribution in [0.15, 0.2) is 66.0 Å². The van der Waals surface area contributed by atoms with Gasteiger partial charge in [0.25, 0.3) is 0 Å². The van der Waals surface area contributed by atoms with Crippen molar-refractivity contribution in [1.29, 1.82) is 0 Å². The molecule has 2 aliphatic rings. The minimum Gasteiger partial charge on any atom is -0.489 e. The summed E-state index contributed by atoms with van der Waals surface area (Å²) in [6.45, 7) is 1.54. The minimum atomic E-state index is -0.914. The van der Waals surface area contributed by atoms with Gasteiger partial charge in [0.2, 0.25) is 0 Å². The molecule has 1 N–H and O–H groups in total. The summed E-state index contributed by atoms with van der Waals surface area (Å²) >= 11 is 0. The van der Waals surface area contributed by atoms with Crippen LogP contribution in [0.5, 0.6) is 0 Å². The Morgan fingerprint density at radius 3 is 2.92 bits per heavy atom. The van der Waals surface area contributed by atoms with Crippen molar-refractivity contribution in [2.24, 2.45) is 5.92 Å². The van der Waals surface area contributed by atoms with Crippen LogP contribution in [0.25, 0.3) is 5.57 Å². The van der Waals surface area contributed by atoms with E-state index in [-0.39, 0.29) is 5.92 Å². The first-order valence-corrected chi connectivity index (χ1v) is 8.93. The second-order valence-corrected chi connectivity index (χ2v) is 6.92. The lowest BCUT2D eigenvalue weighted by molar-refractivity contribution is -0.131. The molecule has 0 amide bonds. The summed E-state index contributed by atoms with van der Waals surface area (Å²) in [5.74, 6) is 0.0515. The fourth-order valence-corrected chi connectivity index (χ4v) is 3.36. The summed E-state index contributed by atoms with van der Waals surface area (Å²) in [6, 6.07) is 8.36. The van der Waals surface area contributed by atoms with Gasteiger partial charge in [-0.05, 0) is 55.6 Å². The van der Waals surface area contributed by atoms with Crippen LogP contribution < -0.4 is 0 Å². The van der Waals surface area contributed by atoms with Crippen LogP contribution >= 0.6 is 0 Å². The molecule has 0 fully saturated rings. The second kappa shape index (κ2) is 8.19. The molecular weight excluding hydrogens is 326 g/mol. The molecule has 0 spiro atoms. The summed E-state index contributed by atoms with van der Waals surface area (Å²) in [5, 5.41) is 8.91. The van der Waals surface area contributed by atoms with Gasteiger partial charge in [-0.15, -0.1) is 0 Å². The molecule has 1 aliphatic heterocycles. The summed E-state index contributed by atoms with van der Waals surface area (Å²) in [4.78, 5) is 13.0. The molecule has 0 saturated heterocycles. The summed E-state index contributed by atoms with van der Waals surface area (Å²) in [5.41, 5.74) is 4.78. The molecule has 1 aliphatic carbocycles. The number of aliphatic carboxylic acids is 1. The number of nitrogens with zero attached hydrogens (tertiary/aromatic N) is 1. The van der Waals surface area contributed by atoms with E-state index in [9.17, 15) is 4.79 Å².